The minimum atomic E-state index is -0.254. The smallest absolute Gasteiger partial charge is 0.265 e. The van der Waals surface area contributed by atoms with Crippen molar-refractivity contribution in [1.29, 1.82) is 0 Å². The van der Waals surface area contributed by atoms with Crippen molar-refractivity contribution in [1.82, 2.24) is 5.32 Å². The fourth-order valence-corrected chi connectivity index (χ4v) is 2.40. The highest BCUT2D eigenvalue weighted by atomic mass is 35.5. The lowest BCUT2D eigenvalue weighted by Crippen LogP contribution is -2.23. The number of thiophene rings is 1. The lowest BCUT2D eigenvalue weighted by molar-refractivity contribution is 0.0956. The fourth-order valence-electron chi connectivity index (χ4n) is 1.62. The summed E-state index contributed by atoms with van der Waals surface area (Å²) in [6, 6.07) is 8.23. The van der Waals surface area contributed by atoms with Crippen LogP contribution in [0.3, 0.4) is 0 Å². The third-order valence-corrected chi connectivity index (χ3v) is 3.83. The lowest BCUT2D eigenvalue weighted by Gasteiger charge is -2.09. The minimum absolute atomic E-state index is 0.252. The summed E-state index contributed by atoms with van der Waals surface area (Å²) in [6.45, 7) is 3.91. The van der Waals surface area contributed by atoms with Crippen molar-refractivity contribution in [2.45, 2.75) is 0 Å². The SMILES string of the molecule is C=CCNC(=O)c1ccc(Cl)c(NC(=O)c2cccs2)c1. The average molecular weight is 321 g/mol. The maximum Gasteiger partial charge on any atom is 0.265 e. The van der Waals surface area contributed by atoms with Gasteiger partial charge < -0.3 is 10.6 Å². The van der Waals surface area contributed by atoms with Crippen LogP contribution >= 0.6 is 22.9 Å². The molecular formula is C15H13ClN2O2S. The highest BCUT2D eigenvalue weighted by Crippen LogP contribution is 2.24. The summed E-state index contributed by atoms with van der Waals surface area (Å²) >= 11 is 7.38. The summed E-state index contributed by atoms with van der Waals surface area (Å²) in [6.07, 6.45) is 1.59. The van der Waals surface area contributed by atoms with Gasteiger partial charge in [0, 0.05) is 12.1 Å². The topological polar surface area (TPSA) is 58.2 Å². The van der Waals surface area contributed by atoms with Gasteiger partial charge >= 0.3 is 0 Å². The van der Waals surface area contributed by atoms with Crippen molar-refractivity contribution >= 4 is 40.4 Å². The number of carbonyl (C=O) groups excluding carboxylic acids is 2. The zero-order chi connectivity index (χ0) is 15.2. The predicted octanol–water partition coefficient (Wildman–Crippen LogP) is 3.57. The fraction of sp³-hybridized carbons (Fsp3) is 0.0667. The van der Waals surface area contributed by atoms with Gasteiger partial charge in [0.15, 0.2) is 0 Å². The zero-order valence-corrected chi connectivity index (χ0v) is 12.6. The van der Waals surface area contributed by atoms with Gasteiger partial charge in [0.25, 0.3) is 11.8 Å². The molecule has 2 aromatic rings. The number of carbonyl (C=O) groups is 2. The first-order valence-electron chi connectivity index (χ1n) is 6.15. The first-order valence-corrected chi connectivity index (χ1v) is 7.41. The van der Waals surface area contributed by atoms with Crippen LogP contribution < -0.4 is 10.6 Å². The molecule has 1 aromatic carbocycles. The van der Waals surface area contributed by atoms with Crippen molar-refractivity contribution < 1.29 is 9.59 Å². The summed E-state index contributed by atoms with van der Waals surface area (Å²) in [5.41, 5.74) is 0.823. The molecule has 2 amide bonds. The number of nitrogens with one attached hydrogen (secondary N) is 2. The van der Waals surface area contributed by atoms with E-state index in [1.54, 1.807) is 36.4 Å². The largest absolute Gasteiger partial charge is 0.349 e. The first-order chi connectivity index (χ1) is 10.1. The Kier molecular flexibility index (Phi) is 5.14. The Balaban J connectivity index is 2.17. The average Bonchev–Trinajstić information content (AvgIpc) is 3.01. The van der Waals surface area contributed by atoms with E-state index in [1.807, 2.05) is 5.38 Å². The highest BCUT2D eigenvalue weighted by molar-refractivity contribution is 7.12. The van der Waals surface area contributed by atoms with E-state index in [0.29, 0.717) is 27.7 Å². The molecule has 0 bridgehead atoms. The summed E-state index contributed by atoms with van der Waals surface area (Å²) in [7, 11) is 0. The maximum absolute atomic E-state index is 12.0. The van der Waals surface area contributed by atoms with E-state index in [0.717, 1.165) is 0 Å². The molecule has 6 heteroatoms. The van der Waals surface area contributed by atoms with Gasteiger partial charge in [0.05, 0.1) is 15.6 Å². The highest BCUT2D eigenvalue weighted by Gasteiger charge is 2.12. The van der Waals surface area contributed by atoms with Gasteiger partial charge in [-0.3, -0.25) is 9.59 Å². The first kappa shape index (κ1) is 15.3. The van der Waals surface area contributed by atoms with Crippen LogP contribution in [0.1, 0.15) is 20.0 Å². The summed E-state index contributed by atoms with van der Waals surface area (Å²) in [5, 5.41) is 7.56. The van der Waals surface area contributed by atoms with Crippen molar-refractivity contribution in [2.75, 3.05) is 11.9 Å². The quantitative estimate of drug-likeness (QED) is 0.827. The van der Waals surface area contributed by atoms with Crippen LogP contribution in [0.25, 0.3) is 0 Å². The minimum Gasteiger partial charge on any atom is -0.349 e. The molecule has 0 atom stereocenters. The van der Waals surface area contributed by atoms with Crippen LogP contribution in [0.4, 0.5) is 5.69 Å². The molecule has 0 saturated carbocycles. The number of hydrogen-bond acceptors (Lipinski definition) is 3. The van der Waals surface area contributed by atoms with E-state index in [4.69, 9.17) is 11.6 Å². The van der Waals surface area contributed by atoms with E-state index in [9.17, 15) is 9.59 Å². The summed E-state index contributed by atoms with van der Waals surface area (Å²) in [4.78, 5) is 24.5. The molecule has 108 valence electrons. The third kappa shape index (κ3) is 3.93. The van der Waals surface area contributed by atoms with Gasteiger partial charge in [-0.1, -0.05) is 23.7 Å². The summed E-state index contributed by atoms with van der Waals surface area (Å²) < 4.78 is 0. The van der Waals surface area contributed by atoms with Gasteiger partial charge in [-0.05, 0) is 29.6 Å². The standard InChI is InChI=1S/C15H13ClN2O2S/c1-2-7-17-14(19)10-5-6-11(16)12(9-10)18-15(20)13-4-3-8-21-13/h2-6,8-9H,1,7H2,(H,17,19)(H,18,20). The molecule has 0 saturated heterocycles. The Morgan fingerprint density at radius 1 is 1.29 bits per heavy atom. The number of benzene rings is 1. The molecule has 0 fully saturated rings. The number of amides is 2. The predicted molar refractivity (Wildman–Crippen MR) is 86.3 cm³/mol. The second-order valence-electron chi connectivity index (χ2n) is 4.12. The Hall–Kier alpha value is -2.11. The van der Waals surface area contributed by atoms with Crippen molar-refractivity contribution in [3.8, 4) is 0 Å². The maximum atomic E-state index is 12.0. The molecule has 1 aromatic heterocycles. The molecule has 0 aliphatic heterocycles. The normalized spacial score (nSPS) is 9.95. The molecule has 2 rings (SSSR count). The van der Waals surface area contributed by atoms with Crippen molar-refractivity contribution in [3.05, 3.63) is 63.8 Å². The molecule has 0 unspecified atom stereocenters. The van der Waals surface area contributed by atoms with Crippen LogP contribution in [0, 0.1) is 0 Å². The summed E-state index contributed by atoms with van der Waals surface area (Å²) in [5.74, 6) is -0.506. The molecule has 1 heterocycles. The Morgan fingerprint density at radius 3 is 2.76 bits per heavy atom. The van der Waals surface area contributed by atoms with E-state index in [-0.39, 0.29) is 11.8 Å². The molecule has 0 spiro atoms. The van der Waals surface area contributed by atoms with Crippen molar-refractivity contribution in [3.63, 3.8) is 0 Å². The van der Waals surface area contributed by atoms with Gasteiger partial charge in [0.1, 0.15) is 0 Å². The van der Waals surface area contributed by atoms with Gasteiger partial charge in [-0.2, -0.15) is 0 Å². The number of anilines is 1. The number of halogens is 1. The molecule has 0 aliphatic carbocycles. The van der Waals surface area contributed by atoms with Crippen LogP contribution in [0.15, 0.2) is 48.4 Å². The zero-order valence-electron chi connectivity index (χ0n) is 11.1. The van der Waals surface area contributed by atoms with Crippen LogP contribution in [0.5, 0.6) is 0 Å². The van der Waals surface area contributed by atoms with E-state index >= 15 is 0 Å². The molecule has 21 heavy (non-hydrogen) atoms. The van der Waals surface area contributed by atoms with Crippen LogP contribution in [0.2, 0.25) is 5.02 Å². The van der Waals surface area contributed by atoms with Crippen LogP contribution in [-0.4, -0.2) is 18.4 Å². The monoisotopic (exact) mass is 320 g/mol. The number of rotatable bonds is 5. The Labute approximate surface area is 131 Å². The van der Waals surface area contributed by atoms with E-state index in [2.05, 4.69) is 17.2 Å². The second-order valence-corrected chi connectivity index (χ2v) is 5.48. The molecule has 4 nitrogen and oxygen atoms in total. The van der Waals surface area contributed by atoms with Crippen LogP contribution in [-0.2, 0) is 0 Å². The molecule has 0 aliphatic rings. The molecule has 2 N–H and O–H groups in total. The van der Waals surface area contributed by atoms with Crippen molar-refractivity contribution in [2.24, 2.45) is 0 Å². The van der Waals surface area contributed by atoms with E-state index in [1.165, 1.54) is 11.3 Å². The Bertz CT molecular complexity index is 668. The third-order valence-electron chi connectivity index (χ3n) is 2.63. The Morgan fingerprint density at radius 2 is 2.10 bits per heavy atom. The molecular weight excluding hydrogens is 308 g/mol. The van der Waals surface area contributed by atoms with Gasteiger partial charge in [-0.25, -0.2) is 0 Å². The van der Waals surface area contributed by atoms with Gasteiger partial charge in [0.2, 0.25) is 0 Å². The molecule has 0 radical (unpaired) electrons. The lowest BCUT2D eigenvalue weighted by atomic mass is 10.2. The van der Waals surface area contributed by atoms with E-state index < -0.39 is 0 Å². The van der Waals surface area contributed by atoms with Gasteiger partial charge in [-0.15, -0.1) is 17.9 Å². The second kappa shape index (κ2) is 7.06. The number of hydrogen-bond donors (Lipinski definition) is 2.